The first kappa shape index (κ1) is 20.9. The Kier molecular flexibility index (Phi) is 7.43. The number of carbonyl (C=O) groups is 1. The Bertz CT molecular complexity index is 1050. The van der Waals surface area contributed by atoms with Gasteiger partial charge in [-0.25, -0.2) is 0 Å². The number of carboxylic acids is 1. The summed E-state index contributed by atoms with van der Waals surface area (Å²) >= 11 is 0. The number of rotatable bonds is 7. The zero-order valence-corrected chi connectivity index (χ0v) is 16.8. The molecule has 0 spiro atoms. The van der Waals surface area contributed by atoms with E-state index in [4.69, 9.17) is 9.84 Å². The Morgan fingerprint density at radius 3 is 2.17 bits per heavy atom. The number of hydrogen-bond donors (Lipinski definition) is 1. The van der Waals surface area contributed by atoms with Crippen LogP contribution in [0.4, 0.5) is 0 Å². The standard InChI is InChI=1S/C26H23NO3/c1-27(20-26(28)29)19-18-23(22-8-4-2-5-9-22)15-12-21-13-16-25(17-14-21)30-24-10-6-3-7-11-24/h2-11,13-14,16-18H,19-20H2,1H3,(H,28,29). The molecule has 0 aliphatic heterocycles. The van der Waals surface area contributed by atoms with Gasteiger partial charge in [0.15, 0.2) is 0 Å². The minimum atomic E-state index is -0.851. The van der Waals surface area contributed by atoms with E-state index in [0.717, 1.165) is 28.2 Å². The van der Waals surface area contributed by atoms with Crippen molar-refractivity contribution in [2.45, 2.75) is 0 Å². The van der Waals surface area contributed by atoms with Gasteiger partial charge in [-0.1, -0.05) is 66.4 Å². The van der Waals surface area contributed by atoms with Crippen LogP contribution in [0.2, 0.25) is 0 Å². The van der Waals surface area contributed by atoms with E-state index < -0.39 is 5.97 Å². The highest BCUT2D eigenvalue weighted by molar-refractivity contribution is 5.79. The molecular weight excluding hydrogens is 374 g/mol. The van der Waals surface area contributed by atoms with Gasteiger partial charge in [-0.15, -0.1) is 0 Å². The molecule has 0 fully saturated rings. The summed E-state index contributed by atoms with van der Waals surface area (Å²) < 4.78 is 5.81. The summed E-state index contributed by atoms with van der Waals surface area (Å²) in [7, 11) is 1.77. The zero-order chi connectivity index (χ0) is 21.2. The molecule has 4 heteroatoms. The molecule has 0 radical (unpaired) electrons. The Labute approximate surface area is 177 Å². The highest BCUT2D eigenvalue weighted by atomic mass is 16.5. The van der Waals surface area contributed by atoms with Gasteiger partial charge in [-0.2, -0.15) is 0 Å². The molecule has 1 N–H and O–H groups in total. The van der Waals surface area contributed by atoms with Crippen LogP contribution in [-0.4, -0.2) is 36.1 Å². The number of benzene rings is 3. The van der Waals surface area contributed by atoms with Crippen LogP contribution in [0, 0.1) is 11.8 Å². The predicted octanol–water partition coefficient (Wildman–Crippen LogP) is 4.93. The second kappa shape index (κ2) is 10.7. The van der Waals surface area contributed by atoms with Gasteiger partial charge in [-0.05, 0) is 49.0 Å². The Balaban J connectivity index is 1.75. The summed E-state index contributed by atoms with van der Waals surface area (Å²) in [6.07, 6.45) is 1.96. The molecule has 0 saturated heterocycles. The molecule has 4 nitrogen and oxygen atoms in total. The minimum absolute atomic E-state index is 0.0190. The number of allylic oxidation sites excluding steroid dienone is 1. The first-order valence-electron chi connectivity index (χ1n) is 9.61. The van der Waals surface area contributed by atoms with Crippen LogP contribution in [-0.2, 0) is 4.79 Å². The van der Waals surface area contributed by atoms with E-state index in [2.05, 4.69) is 11.8 Å². The summed E-state index contributed by atoms with van der Waals surface area (Å²) in [5.41, 5.74) is 2.73. The Hall–Kier alpha value is -3.81. The largest absolute Gasteiger partial charge is 0.480 e. The first-order chi connectivity index (χ1) is 14.6. The molecule has 0 aliphatic carbocycles. The Morgan fingerprint density at radius 2 is 1.53 bits per heavy atom. The quantitative estimate of drug-likeness (QED) is 0.574. The van der Waals surface area contributed by atoms with Crippen molar-refractivity contribution in [3.05, 3.63) is 102 Å². The van der Waals surface area contributed by atoms with Gasteiger partial charge >= 0.3 is 5.97 Å². The van der Waals surface area contributed by atoms with Crippen molar-refractivity contribution in [3.63, 3.8) is 0 Å². The van der Waals surface area contributed by atoms with E-state index >= 15 is 0 Å². The molecule has 3 rings (SSSR count). The monoisotopic (exact) mass is 397 g/mol. The molecule has 3 aromatic carbocycles. The molecule has 0 heterocycles. The molecule has 0 bridgehead atoms. The minimum Gasteiger partial charge on any atom is -0.480 e. The summed E-state index contributed by atoms with van der Waals surface area (Å²) in [6, 6.07) is 27.1. The highest BCUT2D eigenvalue weighted by Crippen LogP contribution is 2.21. The van der Waals surface area contributed by atoms with E-state index in [-0.39, 0.29) is 6.54 Å². The van der Waals surface area contributed by atoms with Gasteiger partial charge < -0.3 is 9.84 Å². The molecule has 0 aliphatic rings. The van der Waals surface area contributed by atoms with E-state index in [1.54, 1.807) is 11.9 Å². The number of hydrogen-bond acceptors (Lipinski definition) is 3. The molecule has 3 aromatic rings. The lowest BCUT2D eigenvalue weighted by Gasteiger charge is -2.11. The fraction of sp³-hybridized carbons (Fsp3) is 0.115. The summed E-state index contributed by atoms with van der Waals surface area (Å²) in [6.45, 7) is 0.476. The van der Waals surface area contributed by atoms with Crippen LogP contribution in [0.5, 0.6) is 11.5 Å². The summed E-state index contributed by atoms with van der Waals surface area (Å²) in [5, 5.41) is 8.93. The Morgan fingerprint density at radius 1 is 0.933 bits per heavy atom. The van der Waals surface area contributed by atoms with E-state index in [1.807, 2.05) is 91.0 Å². The number of carboxylic acid groups (broad SMARTS) is 1. The van der Waals surface area contributed by atoms with Crippen molar-refractivity contribution in [3.8, 4) is 23.3 Å². The zero-order valence-electron chi connectivity index (χ0n) is 16.8. The molecule has 0 saturated carbocycles. The smallest absolute Gasteiger partial charge is 0.317 e. The van der Waals surface area contributed by atoms with Crippen LogP contribution in [0.1, 0.15) is 11.1 Å². The number of para-hydroxylation sites is 1. The lowest BCUT2D eigenvalue weighted by atomic mass is 10.1. The molecule has 0 unspecified atom stereocenters. The molecule has 0 atom stereocenters. The molecule has 0 amide bonds. The fourth-order valence-electron chi connectivity index (χ4n) is 2.77. The van der Waals surface area contributed by atoms with Gasteiger partial charge in [0, 0.05) is 17.7 Å². The molecule has 30 heavy (non-hydrogen) atoms. The van der Waals surface area contributed by atoms with Crippen molar-refractivity contribution in [1.29, 1.82) is 0 Å². The number of ether oxygens (including phenoxy) is 1. The normalized spacial score (nSPS) is 10.9. The van der Waals surface area contributed by atoms with Crippen molar-refractivity contribution in [1.82, 2.24) is 4.90 Å². The van der Waals surface area contributed by atoms with Gasteiger partial charge in [0.25, 0.3) is 0 Å². The van der Waals surface area contributed by atoms with Gasteiger partial charge in [0.05, 0.1) is 6.54 Å². The van der Waals surface area contributed by atoms with Gasteiger partial charge in [-0.3, -0.25) is 9.69 Å². The van der Waals surface area contributed by atoms with Crippen LogP contribution >= 0.6 is 0 Å². The topological polar surface area (TPSA) is 49.8 Å². The second-order valence-electron chi connectivity index (χ2n) is 6.76. The molecular formula is C26H23NO3. The average molecular weight is 397 g/mol. The third-order valence-electron chi connectivity index (χ3n) is 4.27. The van der Waals surface area contributed by atoms with Crippen LogP contribution in [0.3, 0.4) is 0 Å². The van der Waals surface area contributed by atoms with E-state index in [0.29, 0.717) is 6.54 Å². The molecule has 150 valence electrons. The number of aliphatic carboxylic acids is 1. The average Bonchev–Trinajstić information content (AvgIpc) is 2.76. The maximum Gasteiger partial charge on any atom is 0.317 e. The third kappa shape index (κ3) is 6.66. The van der Waals surface area contributed by atoms with Crippen molar-refractivity contribution in [2.75, 3.05) is 20.1 Å². The van der Waals surface area contributed by atoms with E-state index in [1.165, 1.54) is 0 Å². The number of likely N-dealkylation sites (N-methyl/N-ethyl adjacent to an activating group) is 1. The fourth-order valence-corrected chi connectivity index (χ4v) is 2.77. The van der Waals surface area contributed by atoms with Crippen molar-refractivity contribution in [2.24, 2.45) is 0 Å². The third-order valence-corrected chi connectivity index (χ3v) is 4.27. The highest BCUT2D eigenvalue weighted by Gasteiger charge is 2.04. The summed E-state index contributed by atoms with van der Waals surface area (Å²) in [5.74, 6) is 7.10. The van der Waals surface area contributed by atoms with Crippen LogP contribution in [0.25, 0.3) is 5.57 Å². The van der Waals surface area contributed by atoms with Crippen LogP contribution in [0.15, 0.2) is 91.0 Å². The predicted molar refractivity (Wildman–Crippen MR) is 119 cm³/mol. The molecule has 0 aromatic heterocycles. The maximum absolute atomic E-state index is 10.9. The lowest BCUT2D eigenvalue weighted by Crippen LogP contribution is -2.25. The van der Waals surface area contributed by atoms with Gasteiger partial charge in [0.1, 0.15) is 11.5 Å². The lowest BCUT2D eigenvalue weighted by molar-refractivity contribution is -0.137. The van der Waals surface area contributed by atoms with Crippen LogP contribution < -0.4 is 4.74 Å². The second-order valence-corrected chi connectivity index (χ2v) is 6.76. The summed E-state index contributed by atoms with van der Waals surface area (Å²) in [4.78, 5) is 12.6. The van der Waals surface area contributed by atoms with Gasteiger partial charge in [0.2, 0.25) is 0 Å². The van der Waals surface area contributed by atoms with Crippen molar-refractivity contribution >= 4 is 11.5 Å². The SMILES string of the molecule is CN(CC=C(C#Cc1ccc(Oc2ccccc2)cc1)c1ccccc1)CC(=O)O. The first-order valence-corrected chi connectivity index (χ1v) is 9.61. The number of nitrogens with zero attached hydrogens (tertiary/aromatic N) is 1. The van der Waals surface area contributed by atoms with E-state index in [9.17, 15) is 4.79 Å². The van der Waals surface area contributed by atoms with Crippen molar-refractivity contribution < 1.29 is 14.6 Å². The maximum atomic E-state index is 10.9.